The van der Waals surface area contributed by atoms with E-state index in [0.717, 1.165) is 34.6 Å². The van der Waals surface area contributed by atoms with Gasteiger partial charge in [0.05, 0.1) is 27.8 Å². The number of halogens is 1. The Labute approximate surface area is 191 Å². The molecule has 9 heteroatoms. The first-order chi connectivity index (χ1) is 15.6. The highest BCUT2D eigenvalue weighted by Gasteiger charge is 2.12. The second-order valence-corrected chi connectivity index (χ2v) is 7.69. The van der Waals surface area contributed by atoms with Gasteiger partial charge in [0.2, 0.25) is 0 Å². The molecule has 0 saturated carbocycles. The number of fused-ring (bicyclic) bond motifs is 1. The predicted octanol–water partition coefficient (Wildman–Crippen LogP) is 4.34. The number of nitrogens with zero attached hydrogens (tertiary/aromatic N) is 5. The van der Waals surface area contributed by atoms with Crippen molar-refractivity contribution in [3.8, 4) is 11.5 Å². The normalized spacial score (nSPS) is 11.0. The number of ether oxygens (including phenoxy) is 2. The molecule has 0 atom stereocenters. The second-order valence-electron chi connectivity index (χ2n) is 7.28. The Balaban J connectivity index is 1.53. The van der Waals surface area contributed by atoms with Gasteiger partial charge < -0.3 is 19.7 Å². The molecule has 0 aliphatic heterocycles. The largest absolute Gasteiger partial charge is 0.491 e. The third-order valence-electron chi connectivity index (χ3n) is 4.61. The number of rotatable bonds is 9. The van der Waals surface area contributed by atoms with E-state index >= 15 is 0 Å². The molecule has 1 N–H and O–H groups in total. The van der Waals surface area contributed by atoms with Crippen LogP contribution in [-0.4, -0.2) is 52.1 Å². The zero-order valence-corrected chi connectivity index (χ0v) is 18.6. The fourth-order valence-corrected chi connectivity index (χ4v) is 3.26. The van der Waals surface area contributed by atoms with E-state index in [4.69, 9.17) is 21.1 Å². The van der Waals surface area contributed by atoms with Crippen LogP contribution < -0.4 is 14.8 Å². The van der Waals surface area contributed by atoms with Crippen LogP contribution in [0, 0.1) is 0 Å². The molecule has 4 rings (SSSR count). The van der Waals surface area contributed by atoms with Crippen molar-refractivity contribution in [3.05, 3.63) is 72.0 Å². The molecule has 0 amide bonds. The SMILES string of the molecule is CN(C)CCOc1cccc2ncnc(Nc3ccc(OCc4cnccn4)c(Cl)c3)c12. The summed E-state index contributed by atoms with van der Waals surface area (Å²) in [6.45, 7) is 1.65. The van der Waals surface area contributed by atoms with Gasteiger partial charge >= 0.3 is 0 Å². The molecule has 4 aromatic rings. The number of aromatic nitrogens is 4. The predicted molar refractivity (Wildman–Crippen MR) is 125 cm³/mol. The zero-order chi connectivity index (χ0) is 22.3. The van der Waals surface area contributed by atoms with Gasteiger partial charge in [0.1, 0.15) is 36.9 Å². The van der Waals surface area contributed by atoms with Crippen LogP contribution in [0.4, 0.5) is 11.5 Å². The molecule has 2 heterocycles. The standard InChI is InChI=1S/C23H23ClN6O2/c1-30(2)10-11-31-21-5-3-4-19-22(21)23(28-15-27-19)29-16-6-7-20(18(24)12-16)32-14-17-13-25-8-9-26-17/h3-9,12-13,15H,10-11,14H2,1-2H3,(H,27,28,29). The Morgan fingerprint density at radius 2 is 1.91 bits per heavy atom. The first-order valence-corrected chi connectivity index (χ1v) is 10.4. The summed E-state index contributed by atoms with van der Waals surface area (Å²) in [5.41, 5.74) is 2.28. The summed E-state index contributed by atoms with van der Waals surface area (Å²) in [5.74, 6) is 1.92. The number of hydrogen-bond acceptors (Lipinski definition) is 8. The number of likely N-dealkylation sites (N-methyl/N-ethyl adjacent to an activating group) is 1. The van der Waals surface area contributed by atoms with Crippen LogP contribution in [-0.2, 0) is 6.61 Å². The summed E-state index contributed by atoms with van der Waals surface area (Å²) in [4.78, 5) is 19.1. The van der Waals surface area contributed by atoms with E-state index < -0.39 is 0 Å². The third-order valence-corrected chi connectivity index (χ3v) is 4.90. The lowest BCUT2D eigenvalue weighted by atomic mass is 10.2. The molecule has 164 valence electrons. The molecule has 2 aromatic carbocycles. The van der Waals surface area contributed by atoms with E-state index in [9.17, 15) is 0 Å². The van der Waals surface area contributed by atoms with Gasteiger partial charge in [-0.05, 0) is 44.4 Å². The highest BCUT2D eigenvalue weighted by molar-refractivity contribution is 6.32. The molecule has 0 bridgehead atoms. The highest BCUT2D eigenvalue weighted by Crippen LogP contribution is 2.34. The Morgan fingerprint density at radius 3 is 2.69 bits per heavy atom. The molecule has 2 aromatic heterocycles. The van der Waals surface area contributed by atoms with Gasteiger partial charge in [0, 0.05) is 24.6 Å². The third kappa shape index (κ3) is 5.40. The van der Waals surface area contributed by atoms with Gasteiger partial charge in [-0.15, -0.1) is 0 Å². The van der Waals surface area contributed by atoms with E-state index in [0.29, 0.717) is 23.2 Å². The Hall–Kier alpha value is -3.49. The van der Waals surface area contributed by atoms with Crippen molar-refractivity contribution in [1.29, 1.82) is 0 Å². The van der Waals surface area contributed by atoms with Crippen molar-refractivity contribution >= 4 is 34.0 Å². The van der Waals surface area contributed by atoms with E-state index in [1.165, 1.54) is 6.33 Å². The zero-order valence-electron chi connectivity index (χ0n) is 17.8. The van der Waals surface area contributed by atoms with Crippen LogP contribution in [0.5, 0.6) is 11.5 Å². The van der Waals surface area contributed by atoms with Gasteiger partial charge in [0.25, 0.3) is 0 Å². The van der Waals surface area contributed by atoms with E-state index in [1.807, 2.05) is 38.4 Å². The molecule has 0 spiro atoms. The van der Waals surface area contributed by atoms with Gasteiger partial charge in [-0.2, -0.15) is 0 Å². The molecule has 32 heavy (non-hydrogen) atoms. The van der Waals surface area contributed by atoms with E-state index in [2.05, 4.69) is 30.2 Å². The van der Waals surface area contributed by atoms with Crippen molar-refractivity contribution < 1.29 is 9.47 Å². The number of nitrogens with one attached hydrogen (secondary N) is 1. The number of benzene rings is 2. The highest BCUT2D eigenvalue weighted by atomic mass is 35.5. The maximum absolute atomic E-state index is 6.45. The quantitative estimate of drug-likeness (QED) is 0.403. The van der Waals surface area contributed by atoms with Gasteiger partial charge in [-0.25, -0.2) is 9.97 Å². The topological polar surface area (TPSA) is 85.3 Å². The summed E-state index contributed by atoms with van der Waals surface area (Å²) >= 11 is 6.45. The minimum Gasteiger partial charge on any atom is -0.491 e. The number of anilines is 2. The lowest BCUT2D eigenvalue weighted by molar-refractivity contribution is 0.263. The van der Waals surface area contributed by atoms with Gasteiger partial charge in [0.15, 0.2) is 0 Å². The number of hydrogen-bond donors (Lipinski definition) is 1. The van der Waals surface area contributed by atoms with Crippen molar-refractivity contribution in [1.82, 2.24) is 24.8 Å². The van der Waals surface area contributed by atoms with Gasteiger partial charge in [-0.1, -0.05) is 17.7 Å². The van der Waals surface area contributed by atoms with E-state index in [-0.39, 0.29) is 6.61 Å². The Bertz CT molecular complexity index is 1180. The summed E-state index contributed by atoms with van der Waals surface area (Å²) in [7, 11) is 4.01. The van der Waals surface area contributed by atoms with Crippen LogP contribution >= 0.6 is 11.6 Å². The molecule has 0 fully saturated rings. The van der Waals surface area contributed by atoms with Crippen molar-refractivity contribution in [2.45, 2.75) is 6.61 Å². The average Bonchev–Trinajstić information content (AvgIpc) is 2.79. The molecule has 0 aliphatic carbocycles. The van der Waals surface area contributed by atoms with Crippen molar-refractivity contribution in [3.63, 3.8) is 0 Å². The molecule has 8 nitrogen and oxygen atoms in total. The van der Waals surface area contributed by atoms with Crippen LogP contribution in [0.2, 0.25) is 5.02 Å². The summed E-state index contributed by atoms with van der Waals surface area (Å²) in [6.07, 6.45) is 6.42. The molecule has 0 saturated heterocycles. The second kappa shape index (κ2) is 10.2. The maximum atomic E-state index is 6.45. The maximum Gasteiger partial charge on any atom is 0.145 e. The molecular formula is C23H23ClN6O2. The monoisotopic (exact) mass is 450 g/mol. The van der Waals surface area contributed by atoms with Crippen molar-refractivity contribution in [2.24, 2.45) is 0 Å². The Kier molecular flexibility index (Phi) is 6.94. The van der Waals surface area contributed by atoms with Crippen molar-refractivity contribution in [2.75, 3.05) is 32.6 Å². The van der Waals surface area contributed by atoms with Crippen LogP contribution in [0.25, 0.3) is 10.9 Å². The Morgan fingerprint density at radius 1 is 1.00 bits per heavy atom. The molecule has 0 unspecified atom stereocenters. The molecule has 0 radical (unpaired) electrons. The first-order valence-electron chi connectivity index (χ1n) is 10.1. The minimum absolute atomic E-state index is 0.282. The fourth-order valence-electron chi connectivity index (χ4n) is 3.02. The minimum atomic E-state index is 0.282. The molecular weight excluding hydrogens is 428 g/mol. The fraction of sp³-hybridized carbons (Fsp3) is 0.217. The van der Waals surface area contributed by atoms with E-state index in [1.54, 1.807) is 30.7 Å². The van der Waals surface area contributed by atoms with Crippen LogP contribution in [0.15, 0.2) is 61.3 Å². The first kappa shape index (κ1) is 21.7. The smallest absolute Gasteiger partial charge is 0.145 e. The lowest BCUT2D eigenvalue weighted by Gasteiger charge is -2.15. The summed E-state index contributed by atoms with van der Waals surface area (Å²) < 4.78 is 11.8. The van der Waals surface area contributed by atoms with Crippen LogP contribution in [0.1, 0.15) is 5.69 Å². The van der Waals surface area contributed by atoms with Gasteiger partial charge in [-0.3, -0.25) is 9.97 Å². The lowest BCUT2D eigenvalue weighted by Crippen LogP contribution is -2.19. The molecule has 0 aliphatic rings. The van der Waals surface area contributed by atoms with Crippen LogP contribution in [0.3, 0.4) is 0 Å². The summed E-state index contributed by atoms with van der Waals surface area (Å²) in [6, 6.07) is 11.2. The average molecular weight is 451 g/mol. The summed E-state index contributed by atoms with van der Waals surface area (Å²) in [5, 5.41) is 4.61.